The summed E-state index contributed by atoms with van der Waals surface area (Å²) in [5, 5.41) is 2.63. The molecule has 0 spiro atoms. The van der Waals surface area contributed by atoms with Gasteiger partial charge in [-0.1, -0.05) is 11.6 Å². The minimum absolute atomic E-state index is 0.0138. The Bertz CT molecular complexity index is 1180. The highest BCUT2D eigenvalue weighted by Gasteiger charge is 2.34. The van der Waals surface area contributed by atoms with E-state index in [4.69, 9.17) is 21.1 Å². The van der Waals surface area contributed by atoms with E-state index < -0.39 is 16.1 Å². The van der Waals surface area contributed by atoms with Crippen LogP contribution in [0.4, 0.5) is 5.69 Å². The molecule has 4 rings (SSSR count). The van der Waals surface area contributed by atoms with Gasteiger partial charge in [-0.15, -0.1) is 0 Å². The van der Waals surface area contributed by atoms with Crippen LogP contribution in [0.3, 0.4) is 0 Å². The second-order valence-electron chi connectivity index (χ2n) is 7.68. The summed E-state index contributed by atoms with van der Waals surface area (Å²) in [6, 6.07) is 9.58. The van der Waals surface area contributed by atoms with Crippen LogP contribution in [0.15, 0.2) is 41.3 Å². The maximum absolute atomic E-state index is 13.3. The van der Waals surface area contributed by atoms with Crippen LogP contribution in [-0.2, 0) is 14.8 Å². The lowest BCUT2D eigenvalue weighted by atomic mass is 10.2. The summed E-state index contributed by atoms with van der Waals surface area (Å²) in [6.45, 7) is 4.75. The van der Waals surface area contributed by atoms with Gasteiger partial charge in [0.15, 0.2) is 6.10 Å². The molecule has 1 saturated heterocycles. The van der Waals surface area contributed by atoms with Crippen molar-refractivity contribution in [2.75, 3.05) is 38.1 Å². The number of hydrogen-bond acceptors (Lipinski definition) is 6. The number of amides is 2. The molecule has 1 fully saturated rings. The number of nitrogens with one attached hydrogen (secondary N) is 1. The molecule has 2 aliphatic rings. The first-order valence-corrected chi connectivity index (χ1v) is 12.4. The Morgan fingerprint density at radius 3 is 2.48 bits per heavy atom. The number of fused-ring (bicyclic) bond motifs is 1. The number of benzene rings is 2. The van der Waals surface area contributed by atoms with Gasteiger partial charge in [0.2, 0.25) is 10.0 Å². The maximum atomic E-state index is 13.3. The Morgan fingerprint density at radius 1 is 1.18 bits per heavy atom. The zero-order valence-electron chi connectivity index (χ0n) is 18.2. The third-order valence-corrected chi connectivity index (χ3v) is 7.88. The predicted molar refractivity (Wildman–Crippen MR) is 122 cm³/mol. The average Bonchev–Trinajstić information content (AvgIpc) is 2.80. The summed E-state index contributed by atoms with van der Waals surface area (Å²) < 4.78 is 38.8. The first-order valence-electron chi connectivity index (χ1n) is 10.5. The lowest BCUT2D eigenvalue weighted by Crippen LogP contribution is -2.50. The van der Waals surface area contributed by atoms with E-state index >= 15 is 0 Å². The number of carbonyl (C=O) groups excluding carboxylic acids is 2. The number of halogens is 1. The molecular weight excluding hydrogens is 470 g/mol. The van der Waals surface area contributed by atoms with Crippen LogP contribution in [0.2, 0.25) is 5.02 Å². The summed E-state index contributed by atoms with van der Waals surface area (Å²) in [5.74, 6) is 0.432. The summed E-state index contributed by atoms with van der Waals surface area (Å²) in [4.78, 5) is 26.1. The number of piperazine rings is 1. The van der Waals surface area contributed by atoms with Crippen molar-refractivity contribution in [3.63, 3.8) is 0 Å². The van der Waals surface area contributed by atoms with Crippen LogP contribution in [0.1, 0.15) is 24.2 Å². The van der Waals surface area contributed by atoms with Gasteiger partial charge in [-0.2, -0.15) is 4.31 Å². The molecular formula is C22H24ClN3O6S. The Hall–Kier alpha value is -2.82. The molecule has 1 unspecified atom stereocenters. The summed E-state index contributed by atoms with van der Waals surface area (Å²) in [7, 11) is -3.93. The van der Waals surface area contributed by atoms with Crippen molar-refractivity contribution in [3.05, 3.63) is 47.0 Å². The fourth-order valence-electron chi connectivity index (χ4n) is 3.72. The van der Waals surface area contributed by atoms with Crippen LogP contribution in [-0.4, -0.2) is 68.3 Å². The lowest BCUT2D eigenvalue weighted by Gasteiger charge is -2.34. The normalized spacial score (nSPS) is 18.8. The Balaban J connectivity index is 1.46. The van der Waals surface area contributed by atoms with Crippen molar-refractivity contribution >= 4 is 39.1 Å². The number of anilines is 1. The van der Waals surface area contributed by atoms with Crippen molar-refractivity contribution in [1.29, 1.82) is 0 Å². The fraction of sp³-hybridized carbons (Fsp3) is 0.364. The van der Waals surface area contributed by atoms with Gasteiger partial charge < -0.3 is 19.7 Å². The van der Waals surface area contributed by atoms with E-state index in [-0.39, 0.29) is 53.7 Å². The number of nitrogens with zero attached hydrogens (tertiary/aromatic N) is 2. The number of rotatable bonds is 5. The van der Waals surface area contributed by atoms with Crippen molar-refractivity contribution in [2.45, 2.75) is 24.8 Å². The van der Waals surface area contributed by atoms with Gasteiger partial charge in [0.25, 0.3) is 11.8 Å². The van der Waals surface area contributed by atoms with Crippen LogP contribution in [0, 0.1) is 0 Å². The molecule has 1 atom stereocenters. The van der Waals surface area contributed by atoms with Crippen LogP contribution < -0.4 is 14.8 Å². The van der Waals surface area contributed by atoms with Crippen LogP contribution in [0.25, 0.3) is 0 Å². The number of ether oxygens (including phenoxy) is 2. The van der Waals surface area contributed by atoms with Gasteiger partial charge in [0.1, 0.15) is 16.4 Å². The SMILES string of the molecule is CCOc1ccc(C(=O)N2CCN(S(=O)(=O)c3cc4c(cc3Cl)NC(=O)C(C)O4)CC2)cc1. The quantitative estimate of drug-likeness (QED) is 0.686. The standard InChI is InChI=1S/C22H24ClN3O6S/c1-3-31-16-6-4-15(5-7-16)22(28)25-8-10-26(11-9-25)33(29,30)20-13-19-18(12-17(20)23)24-21(27)14(2)32-19/h4-7,12-14H,3,8-11H2,1-2H3,(H,24,27). The highest BCUT2D eigenvalue weighted by molar-refractivity contribution is 7.89. The maximum Gasteiger partial charge on any atom is 0.265 e. The molecule has 176 valence electrons. The van der Waals surface area contributed by atoms with Gasteiger partial charge in [0.05, 0.1) is 17.3 Å². The third kappa shape index (κ3) is 4.64. The molecule has 0 aromatic heterocycles. The predicted octanol–water partition coefficient (Wildman–Crippen LogP) is 2.60. The van der Waals surface area contributed by atoms with E-state index in [1.807, 2.05) is 6.92 Å². The molecule has 2 aliphatic heterocycles. The third-order valence-electron chi connectivity index (χ3n) is 5.52. The van der Waals surface area contributed by atoms with E-state index in [1.165, 1.54) is 16.4 Å². The Morgan fingerprint density at radius 2 is 1.85 bits per heavy atom. The second kappa shape index (κ2) is 9.20. The van der Waals surface area contributed by atoms with Crippen LogP contribution in [0.5, 0.6) is 11.5 Å². The van der Waals surface area contributed by atoms with Gasteiger partial charge in [-0.05, 0) is 44.2 Å². The number of sulfonamides is 1. The second-order valence-corrected chi connectivity index (χ2v) is 10.00. The zero-order valence-corrected chi connectivity index (χ0v) is 19.8. The zero-order chi connectivity index (χ0) is 23.8. The first-order chi connectivity index (χ1) is 15.7. The van der Waals surface area contributed by atoms with E-state index in [0.717, 1.165) is 0 Å². The van der Waals surface area contributed by atoms with Crippen molar-refractivity contribution in [1.82, 2.24) is 9.21 Å². The molecule has 11 heteroatoms. The Labute approximate surface area is 197 Å². The molecule has 9 nitrogen and oxygen atoms in total. The highest BCUT2D eigenvalue weighted by atomic mass is 35.5. The van der Waals surface area contributed by atoms with Crippen LogP contribution >= 0.6 is 11.6 Å². The molecule has 0 saturated carbocycles. The van der Waals surface area contributed by atoms with Gasteiger partial charge >= 0.3 is 0 Å². The summed E-state index contributed by atoms with van der Waals surface area (Å²) in [6.07, 6.45) is -0.744. The van der Waals surface area contributed by atoms with E-state index in [1.54, 1.807) is 36.1 Å². The summed E-state index contributed by atoms with van der Waals surface area (Å²) >= 11 is 6.26. The highest BCUT2D eigenvalue weighted by Crippen LogP contribution is 2.38. The minimum atomic E-state index is -3.93. The molecule has 0 bridgehead atoms. The molecule has 2 heterocycles. The molecule has 0 aliphatic carbocycles. The smallest absolute Gasteiger partial charge is 0.265 e. The lowest BCUT2D eigenvalue weighted by molar-refractivity contribution is -0.122. The fourth-order valence-corrected chi connectivity index (χ4v) is 5.66. The summed E-state index contributed by atoms with van der Waals surface area (Å²) in [5.41, 5.74) is 0.841. The van der Waals surface area contributed by atoms with Gasteiger partial charge in [-0.25, -0.2) is 8.42 Å². The van der Waals surface area contributed by atoms with Crippen molar-refractivity contribution in [2.24, 2.45) is 0 Å². The Kier molecular flexibility index (Phi) is 6.51. The average molecular weight is 494 g/mol. The van der Waals surface area contributed by atoms with E-state index in [0.29, 0.717) is 23.6 Å². The van der Waals surface area contributed by atoms with Crippen molar-refractivity contribution in [3.8, 4) is 11.5 Å². The first kappa shape index (κ1) is 23.3. The van der Waals surface area contributed by atoms with E-state index in [9.17, 15) is 18.0 Å². The monoisotopic (exact) mass is 493 g/mol. The molecule has 2 aromatic rings. The van der Waals surface area contributed by atoms with E-state index in [2.05, 4.69) is 5.32 Å². The topological polar surface area (TPSA) is 105 Å². The molecule has 2 aromatic carbocycles. The largest absolute Gasteiger partial charge is 0.494 e. The molecule has 0 radical (unpaired) electrons. The van der Waals surface area contributed by atoms with Crippen molar-refractivity contribution < 1.29 is 27.5 Å². The molecule has 2 amide bonds. The van der Waals surface area contributed by atoms with Gasteiger partial charge in [-0.3, -0.25) is 9.59 Å². The number of hydrogen-bond donors (Lipinski definition) is 1. The molecule has 33 heavy (non-hydrogen) atoms. The number of carbonyl (C=O) groups is 2. The minimum Gasteiger partial charge on any atom is -0.494 e. The van der Waals surface area contributed by atoms with Gasteiger partial charge in [0, 0.05) is 37.8 Å². The molecule has 1 N–H and O–H groups in total.